The lowest BCUT2D eigenvalue weighted by molar-refractivity contribution is -0.162. The Balaban J connectivity index is 1.42. The van der Waals surface area contributed by atoms with E-state index in [2.05, 4.69) is 83.4 Å². The van der Waals surface area contributed by atoms with Gasteiger partial charge >= 0.3 is 11.9 Å². The first-order valence-corrected chi connectivity index (χ1v) is 13.1. The molecule has 0 aromatic heterocycles. The monoisotopic (exact) mass is 486 g/mol. The molecule has 5 rings (SSSR count). The van der Waals surface area contributed by atoms with Gasteiger partial charge in [0.2, 0.25) is 0 Å². The number of rotatable bonds is 7. The average molecular weight is 487 g/mol. The van der Waals surface area contributed by atoms with Crippen LogP contribution in [-0.4, -0.2) is 42.4 Å². The number of carbonyl (C=O) groups is 2. The molecular formula is C29H30N2O3S. The summed E-state index contributed by atoms with van der Waals surface area (Å²) in [6.45, 7) is 1.45. The van der Waals surface area contributed by atoms with E-state index in [1.165, 1.54) is 16.7 Å². The first-order valence-electron chi connectivity index (χ1n) is 12.2. The first kappa shape index (κ1) is 23.8. The van der Waals surface area contributed by atoms with E-state index >= 15 is 0 Å². The van der Waals surface area contributed by atoms with Gasteiger partial charge in [-0.05, 0) is 42.5 Å². The van der Waals surface area contributed by atoms with Crippen molar-refractivity contribution in [1.82, 2.24) is 10.6 Å². The van der Waals surface area contributed by atoms with Crippen LogP contribution >= 0.6 is 11.8 Å². The van der Waals surface area contributed by atoms with Crippen LogP contribution in [0.5, 0.6) is 0 Å². The van der Waals surface area contributed by atoms with Gasteiger partial charge < -0.3 is 15.4 Å². The van der Waals surface area contributed by atoms with E-state index in [9.17, 15) is 9.59 Å². The fraction of sp³-hybridized carbons (Fsp3) is 0.310. The Labute approximate surface area is 210 Å². The third kappa shape index (κ3) is 5.06. The number of nitrogens with one attached hydrogen (secondary N) is 2. The summed E-state index contributed by atoms with van der Waals surface area (Å²) in [5, 5.41) is 6.55. The Hall–Kier alpha value is -2.93. The quantitative estimate of drug-likeness (QED) is 0.296. The molecule has 180 valence electrons. The van der Waals surface area contributed by atoms with Gasteiger partial charge in [-0.2, -0.15) is 0 Å². The summed E-state index contributed by atoms with van der Waals surface area (Å²) in [7, 11) is 0. The van der Waals surface area contributed by atoms with E-state index in [0.29, 0.717) is 13.0 Å². The van der Waals surface area contributed by atoms with Gasteiger partial charge in [-0.3, -0.25) is 0 Å². The Morgan fingerprint density at radius 2 is 1.26 bits per heavy atom. The van der Waals surface area contributed by atoms with E-state index in [1.54, 1.807) is 0 Å². The highest BCUT2D eigenvalue weighted by Crippen LogP contribution is 2.51. The molecule has 0 amide bonds. The highest BCUT2D eigenvalue weighted by molar-refractivity contribution is 8.01. The molecule has 3 unspecified atom stereocenters. The van der Waals surface area contributed by atoms with Gasteiger partial charge in [-0.25, -0.2) is 9.59 Å². The maximum Gasteiger partial charge on any atom is 0.330 e. The Kier molecular flexibility index (Phi) is 7.32. The minimum atomic E-state index is -0.488. The standard InChI is InChI=1S/C29H30N2O3S/c32-27(25-17-10-18-30-25)34-28(33)26-19-24(20-31-26)35-29(21-11-4-1-5-12-21,22-13-6-2-7-14-22)23-15-8-3-9-16-23/h1-9,11-16,24-26,30-31H,10,17-20H2. The van der Waals surface area contributed by atoms with Crippen LogP contribution in [0.3, 0.4) is 0 Å². The lowest BCUT2D eigenvalue weighted by Crippen LogP contribution is -2.39. The largest absolute Gasteiger partial charge is 0.391 e. The van der Waals surface area contributed by atoms with Gasteiger partial charge in [0.1, 0.15) is 12.1 Å². The number of esters is 2. The van der Waals surface area contributed by atoms with Crippen molar-refractivity contribution in [3.05, 3.63) is 108 Å². The zero-order valence-electron chi connectivity index (χ0n) is 19.6. The summed E-state index contributed by atoms with van der Waals surface area (Å²) in [4.78, 5) is 25.1. The summed E-state index contributed by atoms with van der Waals surface area (Å²) in [5.74, 6) is -0.936. The Morgan fingerprint density at radius 1 is 0.743 bits per heavy atom. The fourth-order valence-corrected chi connectivity index (χ4v) is 6.86. The second-order valence-corrected chi connectivity index (χ2v) is 10.6. The molecule has 0 saturated carbocycles. The van der Waals surface area contributed by atoms with E-state index in [-0.39, 0.29) is 11.3 Å². The maximum absolute atomic E-state index is 12.8. The molecule has 3 aromatic carbocycles. The fourth-order valence-electron chi connectivity index (χ4n) is 5.07. The molecule has 2 fully saturated rings. The van der Waals surface area contributed by atoms with Crippen molar-refractivity contribution >= 4 is 23.7 Å². The number of hydrogen-bond donors (Lipinski definition) is 2. The average Bonchev–Trinajstić information content (AvgIpc) is 3.62. The van der Waals surface area contributed by atoms with Gasteiger partial charge in [0.05, 0.1) is 4.75 Å². The number of ether oxygens (including phenoxy) is 1. The number of carbonyl (C=O) groups excluding carboxylic acids is 2. The van der Waals surface area contributed by atoms with Crippen LogP contribution in [-0.2, 0) is 19.1 Å². The molecule has 5 nitrogen and oxygen atoms in total. The lowest BCUT2D eigenvalue weighted by Gasteiger charge is -2.37. The molecular weight excluding hydrogens is 456 g/mol. The van der Waals surface area contributed by atoms with Crippen LogP contribution in [0.1, 0.15) is 36.0 Å². The summed E-state index contributed by atoms with van der Waals surface area (Å²) >= 11 is 1.86. The third-order valence-electron chi connectivity index (χ3n) is 6.81. The smallest absolute Gasteiger partial charge is 0.330 e. The summed E-state index contributed by atoms with van der Waals surface area (Å²) in [6.07, 6.45) is 2.24. The zero-order valence-corrected chi connectivity index (χ0v) is 20.4. The van der Waals surface area contributed by atoms with Crippen molar-refractivity contribution < 1.29 is 14.3 Å². The summed E-state index contributed by atoms with van der Waals surface area (Å²) in [6, 6.07) is 30.8. The molecule has 2 saturated heterocycles. The molecule has 3 aromatic rings. The predicted octanol–water partition coefficient (Wildman–Crippen LogP) is 4.26. The molecule has 0 radical (unpaired) electrons. The third-order valence-corrected chi connectivity index (χ3v) is 8.56. The van der Waals surface area contributed by atoms with Crippen LogP contribution < -0.4 is 10.6 Å². The second-order valence-electron chi connectivity index (χ2n) is 9.10. The van der Waals surface area contributed by atoms with Crippen molar-refractivity contribution in [3.63, 3.8) is 0 Å². The summed E-state index contributed by atoms with van der Waals surface area (Å²) < 4.78 is 4.79. The minimum Gasteiger partial charge on any atom is -0.391 e. The zero-order chi connectivity index (χ0) is 24.1. The normalized spacial score (nSPS) is 22.1. The number of thioether (sulfide) groups is 1. The van der Waals surface area contributed by atoms with Crippen molar-refractivity contribution in [2.45, 2.75) is 41.3 Å². The predicted molar refractivity (Wildman–Crippen MR) is 139 cm³/mol. The molecule has 3 atom stereocenters. The van der Waals surface area contributed by atoms with Crippen LogP contribution in [0, 0.1) is 0 Å². The topological polar surface area (TPSA) is 67.4 Å². The van der Waals surface area contributed by atoms with Crippen LogP contribution in [0.4, 0.5) is 0 Å². The molecule has 2 aliphatic heterocycles. The molecule has 2 aliphatic rings. The molecule has 0 bridgehead atoms. The Bertz CT molecular complexity index is 1040. The molecule has 35 heavy (non-hydrogen) atoms. The van der Waals surface area contributed by atoms with Crippen LogP contribution in [0.2, 0.25) is 0 Å². The Morgan fingerprint density at radius 3 is 1.74 bits per heavy atom. The number of hydrogen-bond acceptors (Lipinski definition) is 6. The van der Waals surface area contributed by atoms with Gasteiger partial charge in [-0.15, -0.1) is 11.8 Å². The van der Waals surface area contributed by atoms with E-state index in [4.69, 9.17) is 4.74 Å². The highest BCUT2D eigenvalue weighted by Gasteiger charge is 2.43. The van der Waals surface area contributed by atoms with Crippen molar-refractivity contribution in [2.24, 2.45) is 0 Å². The van der Waals surface area contributed by atoms with Gasteiger partial charge in [0.15, 0.2) is 0 Å². The SMILES string of the molecule is O=C(OC(=O)C1CC(SC(c2ccccc2)(c2ccccc2)c2ccccc2)CN1)C1CCCN1. The maximum atomic E-state index is 12.8. The number of benzene rings is 3. The van der Waals surface area contributed by atoms with E-state index < -0.39 is 22.7 Å². The molecule has 0 spiro atoms. The molecule has 2 N–H and O–H groups in total. The van der Waals surface area contributed by atoms with Crippen molar-refractivity contribution in [2.75, 3.05) is 13.1 Å². The van der Waals surface area contributed by atoms with Crippen molar-refractivity contribution in [3.8, 4) is 0 Å². The second kappa shape index (κ2) is 10.8. The highest BCUT2D eigenvalue weighted by atomic mass is 32.2. The first-order chi connectivity index (χ1) is 17.2. The molecule has 0 aliphatic carbocycles. The lowest BCUT2D eigenvalue weighted by atomic mass is 9.84. The molecule has 2 heterocycles. The van der Waals surface area contributed by atoms with Crippen LogP contribution in [0.25, 0.3) is 0 Å². The van der Waals surface area contributed by atoms with Gasteiger partial charge in [-0.1, -0.05) is 91.0 Å². The molecule has 6 heteroatoms. The van der Waals surface area contributed by atoms with Crippen LogP contribution in [0.15, 0.2) is 91.0 Å². The minimum absolute atomic E-state index is 0.146. The summed E-state index contributed by atoms with van der Waals surface area (Å²) in [5.41, 5.74) is 3.57. The van der Waals surface area contributed by atoms with Gasteiger partial charge in [0.25, 0.3) is 0 Å². The van der Waals surface area contributed by atoms with E-state index in [0.717, 1.165) is 19.4 Å². The van der Waals surface area contributed by atoms with Gasteiger partial charge in [0, 0.05) is 11.8 Å². The van der Waals surface area contributed by atoms with E-state index in [1.807, 2.05) is 30.0 Å². The van der Waals surface area contributed by atoms with Crippen molar-refractivity contribution in [1.29, 1.82) is 0 Å².